The van der Waals surface area contributed by atoms with Gasteiger partial charge in [0.05, 0.1) is 10.5 Å². The van der Waals surface area contributed by atoms with E-state index in [1.807, 2.05) is 0 Å². The Labute approximate surface area is 157 Å². The van der Waals surface area contributed by atoms with E-state index in [0.717, 1.165) is 4.31 Å². The molecule has 2 rings (SSSR count). The Kier molecular flexibility index (Phi) is 6.19. The molecular weight excluding hydrogens is 372 g/mol. The van der Waals surface area contributed by atoms with Crippen LogP contribution in [0.1, 0.15) is 17.3 Å². The summed E-state index contributed by atoms with van der Waals surface area (Å²) in [5, 5.41) is 11.9. The molecule has 0 saturated heterocycles. The molecule has 1 amide bonds. The second-order valence-electron chi connectivity index (χ2n) is 5.90. The Hall–Kier alpha value is -2.91. The fraction of sp³-hybridized carbons (Fsp3) is 0.222. The van der Waals surface area contributed by atoms with Crippen molar-refractivity contribution in [2.24, 2.45) is 0 Å². The lowest BCUT2D eigenvalue weighted by Crippen LogP contribution is -2.30. The molecule has 0 aromatic heterocycles. The van der Waals surface area contributed by atoms with Crippen LogP contribution in [-0.2, 0) is 19.6 Å². The summed E-state index contributed by atoms with van der Waals surface area (Å²) in [6, 6.07) is 11.3. The number of carbonyl (C=O) groups is 2. The van der Waals surface area contributed by atoms with E-state index in [4.69, 9.17) is 4.74 Å². The van der Waals surface area contributed by atoms with Crippen LogP contribution in [0.5, 0.6) is 5.75 Å². The Balaban J connectivity index is 2.07. The van der Waals surface area contributed by atoms with Gasteiger partial charge in [-0.15, -0.1) is 0 Å². The van der Waals surface area contributed by atoms with Crippen LogP contribution >= 0.6 is 0 Å². The predicted molar refractivity (Wildman–Crippen MR) is 98.9 cm³/mol. The van der Waals surface area contributed by atoms with Crippen molar-refractivity contribution in [2.75, 3.05) is 19.4 Å². The van der Waals surface area contributed by atoms with Crippen molar-refractivity contribution in [3.8, 4) is 5.75 Å². The molecule has 144 valence electrons. The summed E-state index contributed by atoms with van der Waals surface area (Å²) >= 11 is 0. The van der Waals surface area contributed by atoms with Gasteiger partial charge in [-0.2, -0.15) is 0 Å². The first-order chi connectivity index (χ1) is 12.6. The molecule has 27 heavy (non-hydrogen) atoms. The maximum atomic E-state index is 12.2. The van der Waals surface area contributed by atoms with Gasteiger partial charge in [0.15, 0.2) is 6.10 Å². The lowest BCUT2D eigenvalue weighted by molar-refractivity contribution is -0.123. The molecule has 2 aromatic carbocycles. The van der Waals surface area contributed by atoms with Gasteiger partial charge in [0.1, 0.15) is 5.75 Å². The van der Waals surface area contributed by atoms with Gasteiger partial charge in [0.25, 0.3) is 5.91 Å². The summed E-state index contributed by atoms with van der Waals surface area (Å²) in [5.41, 5.74) is 0.358. The molecule has 1 atom stereocenters. The number of nitrogens with zero attached hydrogens (tertiary/aromatic N) is 1. The lowest BCUT2D eigenvalue weighted by atomic mass is 10.2. The van der Waals surface area contributed by atoms with Crippen LogP contribution in [0.25, 0.3) is 0 Å². The van der Waals surface area contributed by atoms with E-state index in [-0.39, 0.29) is 21.9 Å². The minimum Gasteiger partial charge on any atom is -0.508 e. The quantitative estimate of drug-likeness (QED) is 0.725. The molecule has 0 fully saturated rings. The molecule has 0 spiro atoms. The second kappa shape index (κ2) is 8.19. The first-order valence-electron chi connectivity index (χ1n) is 7.94. The molecule has 2 N–H and O–H groups in total. The number of carbonyl (C=O) groups excluding carboxylic acids is 2. The van der Waals surface area contributed by atoms with Gasteiger partial charge in [-0.3, -0.25) is 4.79 Å². The number of amides is 1. The highest BCUT2D eigenvalue weighted by Crippen LogP contribution is 2.18. The third kappa shape index (κ3) is 5.05. The van der Waals surface area contributed by atoms with Crippen molar-refractivity contribution >= 4 is 27.6 Å². The molecule has 0 unspecified atom stereocenters. The number of rotatable bonds is 6. The fourth-order valence-corrected chi connectivity index (χ4v) is 3.05. The number of hydrogen-bond donors (Lipinski definition) is 2. The third-order valence-electron chi connectivity index (χ3n) is 3.62. The van der Waals surface area contributed by atoms with Crippen LogP contribution in [-0.4, -0.2) is 49.9 Å². The largest absolute Gasteiger partial charge is 0.508 e. The number of anilines is 1. The minimum atomic E-state index is -3.64. The van der Waals surface area contributed by atoms with E-state index in [9.17, 15) is 23.1 Å². The van der Waals surface area contributed by atoms with Gasteiger partial charge < -0.3 is 15.2 Å². The van der Waals surface area contributed by atoms with Crippen LogP contribution < -0.4 is 5.32 Å². The molecule has 0 saturated carbocycles. The number of aromatic hydroxyl groups is 1. The van der Waals surface area contributed by atoms with Crippen LogP contribution in [0, 0.1) is 0 Å². The highest BCUT2D eigenvalue weighted by Gasteiger charge is 2.21. The topological polar surface area (TPSA) is 113 Å². The molecule has 0 aliphatic carbocycles. The summed E-state index contributed by atoms with van der Waals surface area (Å²) in [6.07, 6.45) is -1.13. The maximum Gasteiger partial charge on any atom is 0.339 e. The van der Waals surface area contributed by atoms with Crippen molar-refractivity contribution in [1.29, 1.82) is 0 Å². The number of benzene rings is 2. The number of esters is 1. The molecule has 8 nitrogen and oxygen atoms in total. The molecule has 0 radical (unpaired) electrons. The Bertz CT molecular complexity index is 956. The highest BCUT2D eigenvalue weighted by molar-refractivity contribution is 7.89. The summed E-state index contributed by atoms with van der Waals surface area (Å²) in [5.74, 6) is -1.49. The number of nitrogens with one attached hydrogen (secondary N) is 1. The van der Waals surface area contributed by atoms with Gasteiger partial charge in [-0.25, -0.2) is 17.5 Å². The lowest BCUT2D eigenvalue weighted by Gasteiger charge is -2.15. The van der Waals surface area contributed by atoms with E-state index in [2.05, 4.69) is 5.32 Å². The fourth-order valence-electron chi connectivity index (χ4n) is 2.10. The molecule has 0 heterocycles. The zero-order valence-electron chi connectivity index (χ0n) is 15.0. The summed E-state index contributed by atoms with van der Waals surface area (Å²) in [6.45, 7) is 1.39. The number of hydrogen-bond acceptors (Lipinski definition) is 6. The van der Waals surface area contributed by atoms with E-state index in [0.29, 0.717) is 0 Å². The number of sulfonamides is 1. The summed E-state index contributed by atoms with van der Waals surface area (Å²) in [7, 11) is -0.829. The van der Waals surface area contributed by atoms with Crippen LogP contribution in [0.15, 0.2) is 53.4 Å². The van der Waals surface area contributed by atoms with Gasteiger partial charge in [0, 0.05) is 19.8 Å². The Morgan fingerprint density at radius 1 is 1.11 bits per heavy atom. The van der Waals surface area contributed by atoms with E-state index in [1.165, 1.54) is 69.6 Å². The van der Waals surface area contributed by atoms with Gasteiger partial charge in [-0.05, 0) is 43.3 Å². The highest BCUT2D eigenvalue weighted by atomic mass is 32.2. The second-order valence-corrected chi connectivity index (χ2v) is 8.05. The van der Waals surface area contributed by atoms with Crippen LogP contribution in [0.3, 0.4) is 0 Å². The standard InChI is InChI=1S/C18H20N2O6S/c1-12(26-18(23)13-6-4-8-15(21)10-13)17(22)19-14-7-5-9-16(11-14)27(24,25)20(2)3/h4-12,21H,1-3H3,(H,19,22)/t12-/m1/s1. The molecule has 9 heteroatoms. The first kappa shape index (κ1) is 20.4. The average Bonchev–Trinajstić information content (AvgIpc) is 2.61. The average molecular weight is 392 g/mol. The van der Waals surface area contributed by atoms with E-state index in [1.54, 1.807) is 0 Å². The van der Waals surface area contributed by atoms with Crippen molar-refractivity contribution in [3.63, 3.8) is 0 Å². The van der Waals surface area contributed by atoms with Gasteiger partial charge in [0.2, 0.25) is 10.0 Å². The zero-order chi connectivity index (χ0) is 20.2. The molecule has 2 aromatic rings. The van der Waals surface area contributed by atoms with Crippen molar-refractivity contribution in [2.45, 2.75) is 17.9 Å². The molecule has 0 aliphatic heterocycles. The van der Waals surface area contributed by atoms with Crippen molar-refractivity contribution < 1.29 is 27.9 Å². The third-order valence-corrected chi connectivity index (χ3v) is 5.43. The molecule has 0 bridgehead atoms. The maximum absolute atomic E-state index is 12.2. The van der Waals surface area contributed by atoms with Gasteiger partial charge in [-0.1, -0.05) is 12.1 Å². The smallest absolute Gasteiger partial charge is 0.339 e. The minimum absolute atomic E-state index is 0.0229. The zero-order valence-corrected chi connectivity index (χ0v) is 15.9. The Morgan fingerprint density at radius 3 is 2.41 bits per heavy atom. The summed E-state index contributed by atoms with van der Waals surface area (Å²) in [4.78, 5) is 24.3. The van der Waals surface area contributed by atoms with E-state index >= 15 is 0 Å². The normalized spacial score (nSPS) is 12.4. The first-order valence-corrected chi connectivity index (χ1v) is 9.38. The Morgan fingerprint density at radius 2 is 1.78 bits per heavy atom. The van der Waals surface area contributed by atoms with E-state index < -0.39 is 28.0 Å². The summed E-state index contributed by atoms with van der Waals surface area (Å²) < 4.78 is 30.4. The van der Waals surface area contributed by atoms with Gasteiger partial charge >= 0.3 is 5.97 Å². The van der Waals surface area contributed by atoms with Crippen molar-refractivity contribution in [3.05, 3.63) is 54.1 Å². The number of ether oxygens (including phenoxy) is 1. The molecular formula is C18H20N2O6S. The number of phenols is 1. The van der Waals surface area contributed by atoms with Crippen molar-refractivity contribution in [1.82, 2.24) is 4.31 Å². The SMILES string of the molecule is C[C@@H](OC(=O)c1cccc(O)c1)C(=O)Nc1cccc(S(=O)(=O)N(C)C)c1. The van der Waals surface area contributed by atoms with Crippen LogP contribution in [0.2, 0.25) is 0 Å². The molecule has 0 aliphatic rings. The van der Waals surface area contributed by atoms with Crippen LogP contribution in [0.4, 0.5) is 5.69 Å². The predicted octanol–water partition coefficient (Wildman–Crippen LogP) is 1.83. The monoisotopic (exact) mass is 392 g/mol. The number of phenolic OH excluding ortho intramolecular Hbond substituents is 1.